The average Bonchev–Trinajstić information content (AvgIpc) is 2.79. The summed E-state index contributed by atoms with van der Waals surface area (Å²) in [5.74, 6) is 0.958. The Labute approximate surface area is 206 Å². The van der Waals surface area contributed by atoms with E-state index in [9.17, 15) is 9.18 Å². The van der Waals surface area contributed by atoms with Gasteiger partial charge < -0.3 is 21.3 Å². The standard InChI is InChI=1S/C23H31FN6O.HI/c1-2-26-23(28-13-11-17-7-9-20(24)10-8-17)29-15-18-5-3-12-27-22(18)30-14-4-6-19(16-30)21(25)31;/h3,5,7-10,12,19H,2,4,6,11,13-16H2,1H3,(H2,25,31)(H2,26,28,29);1H. The van der Waals surface area contributed by atoms with Crippen molar-refractivity contribution >= 4 is 41.7 Å². The molecule has 1 aliphatic rings. The summed E-state index contributed by atoms with van der Waals surface area (Å²) in [4.78, 5) is 23.1. The molecule has 1 fully saturated rings. The summed E-state index contributed by atoms with van der Waals surface area (Å²) >= 11 is 0. The van der Waals surface area contributed by atoms with Gasteiger partial charge in [-0.15, -0.1) is 24.0 Å². The summed E-state index contributed by atoms with van der Waals surface area (Å²) in [5.41, 5.74) is 7.60. The van der Waals surface area contributed by atoms with Gasteiger partial charge in [0.05, 0.1) is 12.5 Å². The number of rotatable bonds is 8. The first-order valence-corrected chi connectivity index (χ1v) is 10.8. The minimum Gasteiger partial charge on any atom is -0.369 e. The number of nitrogens with two attached hydrogens (primary N) is 1. The molecule has 1 aromatic carbocycles. The third-order valence-electron chi connectivity index (χ3n) is 5.36. The van der Waals surface area contributed by atoms with Gasteiger partial charge in [0.15, 0.2) is 5.96 Å². The number of amides is 1. The first-order chi connectivity index (χ1) is 15.1. The predicted molar refractivity (Wildman–Crippen MR) is 137 cm³/mol. The van der Waals surface area contributed by atoms with E-state index in [2.05, 4.69) is 20.5 Å². The molecule has 3 rings (SSSR count). The minimum absolute atomic E-state index is 0. The maximum atomic E-state index is 13.1. The van der Waals surface area contributed by atoms with E-state index in [1.807, 2.05) is 19.1 Å². The zero-order valence-electron chi connectivity index (χ0n) is 18.4. The van der Waals surface area contributed by atoms with Crippen LogP contribution in [0.3, 0.4) is 0 Å². The van der Waals surface area contributed by atoms with Gasteiger partial charge in [0.25, 0.3) is 0 Å². The lowest BCUT2D eigenvalue weighted by Crippen LogP contribution is -2.42. The lowest BCUT2D eigenvalue weighted by Gasteiger charge is -2.33. The second-order valence-corrected chi connectivity index (χ2v) is 7.67. The molecule has 4 N–H and O–H groups in total. The summed E-state index contributed by atoms with van der Waals surface area (Å²) in [7, 11) is 0. The zero-order chi connectivity index (χ0) is 22.1. The van der Waals surface area contributed by atoms with E-state index in [4.69, 9.17) is 10.7 Å². The molecule has 2 heterocycles. The molecule has 9 heteroatoms. The van der Waals surface area contributed by atoms with Crippen LogP contribution < -0.4 is 21.3 Å². The van der Waals surface area contributed by atoms with E-state index >= 15 is 0 Å². The highest BCUT2D eigenvalue weighted by atomic mass is 127. The second-order valence-electron chi connectivity index (χ2n) is 7.67. The summed E-state index contributed by atoms with van der Waals surface area (Å²) in [6.45, 7) is 5.36. The van der Waals surface area contributed by atoms with Crippen molar-refractivity contribution < 1.29 is 9.18 Å². The summed E-state index contributed by atoms with van der Waals surface area (Å²) in [5, 5.41) is 6.58. The van der Waals surface area contributed by atoms with E-state index in [0.717, 1.165) is 49.3 Å². The average molecular weight is 554 g/mol. The largest absolute Gasteiger partial charge is 0.369 e. The number of halogens is 2. The molecule has 174 valence electrons. The number of nitrogens with one attached hydrogen (secondary N) is 2. The van der Waals surface area contributed by atoms with Crippen molar-refractivity contribution in [3.63, 3.8) is 0 Å². The Balaban J connectivity index is 0.00000363. The van der Waals surface area contributed by atoms with Crippen molar-refractivity contribution in [2.45, 2.75) is 32.7 Å². The van der Waals surface area contributed by atoms with E-state index < -0.39 is 0 Å². The maximum Gasteiger partial charge on any atom is 0.222 e. The van der Waals surface area contributed by atoms with Crippen molar-refractivity contribution in [3.05, 3.63) is 59.5 Å². The van der Waals surface area contributed by atoms with E-state index in [-0.39, 0.29) is 41.6 Å². The highest BCUT2D eigenvalue weighted by Crippen LogP contribution is 2.24. The summed E-state index contributed by atoms with van der Waals surface area (Å²) in [6.07, 6.45) is 4.28. The molecule has 1 aromatic heterocycles. The van der Waals surface area contributed by atoms with Crippen molar-refractivity contribution in [1.29, 1.82) is 0 Å². The molecule has 1 amide bonds. The van der Waals surface area contributed by atoms with Crippen LogP contribution in [0.25, 0.3) is 0 Å². The maximum absolute atomic E-state index is 13.1. The van der Waals surface area contributed by atoms with E-state index in [1.54, 1.807) is 18.3 Å². The van der Waals surface area contributed by atoms with Gasteiger partial charge in [-0.05, 0) is 49.9 Å². The van der Waals surface area contributed by atoms with Gasteiger partial charge >= 0.3 is 0 Å². The fourth-order valence-corrected chi connectivity index (χ4v) is 3.72. The van der Waals surface area contributed by atoms with Crippen molar-refractivity contribution in [2.75, 3.05) is 31.1 Å². The van der Waals surface area contributed by atoms with Gasteiger partial charge in [0.1, 0.15) is 11.6 Å². The van der Waals surface area contributed by atoms with E-state index in [1.165, 1.54) is 12.1 Å². The number of aliphatic imine (C=N–C) groups is 1. The molecule has 32 heavy (non-hydrogen) atoms. The SMILES string of the molecule is CCNC(=NCc1cccnc1N1CCCC(C(N)=O)C1)NCCc1ccc(F)cc1.I. The predicted octanol–water partition coefficient (Wildman–Crippen LogP) is 2.84. The fourth-order valence-electron chi connectivity index (χ4n) is 3.72. The van der Waals surface area contributed by atoms with Gasteiger partial charge in [-0.2, -0.15) is 0 Å². The van der Waals surface area contributed by atoms with Crippen molar-refractivity contribution in [2.24, 2.45) is 16.6 Å². The fraction of sp³-hybridized carbons (Fsp3) is 0.435. The number of piperidine rings is 1. The highest BCUT2D eigenvalue weighted by molar-refractivity contribution is 14.0. The van der Waals surface area contributed by atoms with Crippen LogP contribution in [0.15, 0.2) is 47.6 Å². The number of benzene rings is 1. The number of pyridine rings is 1. The quantitative estimate of drug-likeness (QED) is 0.265. The van der Waals surface area contributed by atoms with Crippen molar-refractivity contribution in [3.8, 4) is 0 Å². The van der Waals surface area contributed by atoms with Crippen LogP contribution in [0.4, 0.5) is 10.2 Å². The van der Waals surface area contributed by atoms with Crippen LogP contribution in [-0.2, 0) is 17.8 Å². The van der Waals surface area contributed by atoms with Crippen LogP contribution in [0.5, 0.6) is 0 Å². The first kappa shape index (κ1) is 25.8. The van der Waals surface area contributed by atoms with Gasteiger partial charge in [0, 0.05) is 37.9 Å². The molecule has 0 radical (unpaired) electrons. The molecule has 1 atom stereocenters. The topological polar surface area (TPSA) is 95.6 Å². The minimum atomic E-state index is -0.250. The monoisotopic (exact) mass is 554 g/mol. The lowest BCUT2D eigenvalue weighted by molar-refractivity contribution is -0.122. The van der Waals surface area contributed by atoms with Gasteiger partial charge in [-0.1, -0.05) is 18.2 Å². The molecule has 0 spiro atoms. The number of anilines is 1. The Bertz CT molecular complexity index is 892. The van der Waals surface area contributed by atoms with E-state index in [0.29, 0.717) is 25.6 Å². The Morgan fingerprint density at radius 1 is 1.28 bits per heavy atom. The second kappa shape index (κ2) is 13.2. The van der Waals surface area contributed by atoms with Gasteiger partial charge in [-0.3, -0.25) is 4.79 Å². The molecule has 1 saturated heterocycles. The molecular formula is C23H32FIN6O. The van der Waals surface area contributed by atoms with Gasteiger partial charge in [-0.25, -0.2) is 14.4 Å². The van der Waals surface area contributed by atoms with Crippen LogP contribution >= 0.6 is 24.0 Å². The summed E-state index contributed by atoms with van der Waals surface area (Å²) < 4.78 is 13.1. The third kappa shape index (κ3) is 7.61. The number of hydrogen-bond donors (Lipinski definition) is 3. The Kier molecular flexibility index (Phi) is 10.6. The Morgan fingerprint density at radius 2 is 2.06 bits per heavy atom. The number of guanidine groups is 1. The molecule has 0 bridgehead atoms. The number of carbonyl (C=O) groups excluding carboxylic acids is 1. The molecule has 0 aliphatic carbocycles. The molecule has 7 nitrogen and oxygen atoms in total. The molecule has 1 aliphatic heterocycles. The smallest absolute Gasteiger partial charge is 0.222 e. The third-order valence-corrected chi connectivity index (χ3v) is 5.36. The highest BCUT2D eigenvalue weighted by Gasteiger charge is 2.25. The molecular weight excluding hydrogens is 522 g/mol. The normalized spacial score (nSPS) is 16.2. The van der Waals surface area contributed by atoms with Crippen molar-refractivity contribution in [1.82, 2.24) is 15.6 Å². The number of primary amides is 1. The molecule has 1 unspecified atom stereocenters. The lowest BCUT2D eigenvalue weighted by atomic mass is 9.97. The van der Waals surface area contributed by atoms with Crippen LogP contribution in [0.1, 0.15) is 30.9 Å². The van der Waals surface area contributed by atoms with Crippen LogP contribution in [0.2, 0.25) is 0 Å². The zero-order valence-corrected chi connectivity index (χ0v) is 20.7. The number of hydrogen-bond acceptors (Lipinski definition) is 4. The van der Waals surface area contributed by atoms with Crippen LogP contribution in [0, 0.1) is 11.7 Å². The Morgan fingerprint density at radius 3 is 2.78 bits per heavy atom. The summed E-state index contributed by atoms with van der Waals surface area (Å²) in [6, 6.07) is 10.5. The first-order valence-electron chi connectivity index (χ1n) is 10.8. The Hall–Kier alpha value is -2.43. The number of aromatic nitrogens is 1. The molecule has 0 saturated carbocycles. The van der Waals surface area contributed by atoms with Gasteiger partial charge in [0.2, 0.25) is 5.91 Å². The van der Waals surface area contributed by atoms with Crippen LogP contribution in [-0.4, -0.2) is 43.0 Å². The number of carbonyl (C=O) groups is 1. The molecule has 2 aromatic rings. The number of nitrogens with zero attached hydrogens (tertiary/aromatic N) is 3.